The maximum atomic E-state index is 13.6. The highest BCUT2D eigenvalue weighted by molar-refractivity contribution is 9.10. The molecule has 0 radical (unpaired) electrons. The topological polar surface area (TPSA) is 12.0 Å². The number of anilines is 1. The van der Waals surface area contributed by atoms with Crippen molar-refractivity contribution in [2.75, 3.05) is 5.32 Å². The van der Waals surface area contributed by atoms with Gasteiger partial charge in [-0.25, -0.2) is 8.78 Å². The fraction of sp³-hybridized carbons (Fsp3) is 0.0769. The van der Waals surface area contributed by atoms with Gasteiger partial charge in [0.15, 0.2) is 0 Å². The fourth-order valence-corrected chi connectivity index (χ4v) is 2.37. The number of nitrogens with one attached hydrogen (secondary N) is 1. The van der Waals surface area contributed by atoms with Crippen LogP contribution < -0.4 is 5.32 Å². The summed E-state index contributed by atoms with van der Waals surface area (Å²) in [5.74, 6) is -1.35. The minimum atomic E-state index is -0.676. The first kappa shape index (κ1) is 14.6. The summed E-state index contributed by atoms with van der Waals surface area (Å²) in [5.41, 5.74) is 0.468. The Bertz CT molecular complexity index is 597. The highest BCUT2D eigenvalue weighted by Crippen LogP contribution is 2.28. The lowest BCUT2D eigenvalue weighted by atomic mass is 10.2. The average molecular weight is 367 g/mol. The van der Waals surface area contributed by atoms with Gasteiger partial charge in [0.2, 0.25) is 0 Å². The van der Waals surface area contributed by atoms with Crippen LogP contribution in [0.2, 0.25) is 10.0 Å². The summed E-state index contributed by atoms with van der Waals surface area (Å²) in [6.45, 7) is 0.175. The molecule has 0 atom stereocenters. The van der Waals surface area contributed by atoms with E-state index in [0.29, 0.717) is 20.1 Å². The Hall–Kier alpha value is -0.840. The van der Waals surface area contributed by atoms with Gasteiger partial charge in [0.05, 0.1) is 10.0 Å². The number of benzene rings is 2. The third-order valence-electron chi connectivity index (χ3n) is 2.49. The van der Waals surface area contributed by atoms with E-state index < -0.39 is 11.6 Å². The van der Waals surface area contributed by atoms with Crippen molar-refractivity contribution in [2.45, 2.75) is 6.54 Å². The molecule has 0 saturated carbocycles. The van der Waals surface area contributed by atoms with E-state index in [9.17, 15) is 8.78 Å². The van der Waals surface area contributed by atoms with Crippen molar-refractivity contribution < 1.29 is 8.78 Å². The Balaban J connectivity index is 2.22. The Morgan fingerprint density at radius 1 is 1.11 bits per heavy atom. The second-order valence-electron chi connectivity index (χ2n) is 3.81. The normalized spacial score (nSPS) is 10.6. The largest absolute Gasteiger partial charge is 0.376 e. The number of hydrogen-bond donors (Lipinski definition) is 1. The molecule has 2 aromatic carbocycles. The second kappa shape index (κ2) is 6.07. The van der Waals surface area contributed by atoms with Gasteiger partial charge >= 0.3 is 0 Å². The quantitative estimate of drug-likeness (QED) is 0.740. The molecule has 0 spiro atoms. The summed E-state index contributed by atoms with van der Waals surface area (Å²) >= 11 is 14.9. The maximum absolute atomic E-state index is 13.6. The molecular formula is C13H8BrCl2F2N. The zero-order chi connectivity index (χ0) is 14.0. The zero-order valence-electron chi connectivity index (χ0n) is 9.48. The summed E-state index contributed by atoms with van der Waals surface area (Å²) in [7, 11) is 0. The lowest BCUT2D eigenvalue weighted by molar-refractivity contribution is 0.586. The van der Waals surface area contributed by atoms with Gasteiger partial charge in [0.1, 0.15) is 17.3 Å². The molecule has 1 N–H and O–H groups in total. The molecule has 0 unspecified atom stereocenters. The highest BCUT2D eigenvalue weighted by Gasteiger charge is 2.11. The van der Waals surface area contributed by atoms with Crippen molar-refractivity contribution in [1.82, 2.24) is 0 Å². The van der Waals surface area contributed by atoms with Gasteiger partial charge in [-0.1, -0.05) is 51.3 Å². The minimum Gasteiger partial charge on any atom is -0.376 e. The predicted octanol–water partition coefficient (Wildman–Crippen LogP) is 5.65. The monoisotopic (exact) mass is 365 g/mol. The second-order valence-corrected chi connectivity index (χ2v) is 5.51. The number of halogens is 5. The Morgan fingerprint density at radius 2 is 1.74 bits per heavy atom. The van der Waals surface area contributed by atoms with Gasteiger partial charge in [0, 0.05) is 11.0 Å². The molecule has 0 aromatic heterocycles. The molecule has 19 heavy (non-hydrogen) atoms. The summed E-state index contributed by atoms with van der Waals surface area (Å²) < 4.78 is 27.5. The molecule has 0 bridgehead atoms. The van der Waals surface area contributed by atoms with Crippen LogP contribution in [0.25, 0.3) is 0 Å². The molecule has 0 saturated heterocycles. The molecule has 100 valence electrons. The lowest BCUT2D eigenvalue weighted by Crippen LogP contribution is -2.04. The third kappa shape index (κ3) is 3.38. The third-order valence-corrected chi connectivity index (χ3v) is 3.81. The van der Waals surface area contributed by atoms with Crippen LogP contribution in [-0.2, 0) is 6.54 Å². The molecule has 0 aliphatic heterocycles. The molecule has 0 amide bonds. The van der Waals surface area contributed by atoms with E-state index in [2.05, 4.69) is 21.2 Å². The van der Waals surface area contributed by atoms with Crippen LogP contribution >= 0.6 is 39.1 Å². The summed E-state index contributed by atoms with van der Waals surface area (Å²) in [4.78, 5) is 0. The van der Waals surface area contributed by atoms with Crippen LogP contribution in [0.4, 0.5) is 14.5 Å². The van der Waals surface area contributed by atoms with Gasteiger partial charge in [-0.05, 0) is 23.8 Å². The van der Waals surface area contributed by atoms with Crippen LogP contribution in [0.1, 0.15) is 5.56 Å². The molecule has 1 nitrogen and oxygen atoms in total. The predicted molar refractivity (Wildman–Crippen MR) is 77.8 cm³/mol. The van der Waals surface area contributed by atoms with Crippen LogP contribution in [0, 0.1) is 11.6 Å². The van der Waals surface area contributed by atoms with Gasteiger partial charge in [-0.2, -0.15) is 0 Å². The number of rotatable bonds is 3. The summed E-state index contributed by atoms with van der Waals surface area (Å²) in [6, 6.07) is 7.47. The lowest BCUT2D eigenvalue weighted by Gasteiger charge is -2.11. The van der Waals surface area contributed by atoms with Gasteiger partial charge in [-0.15, -0.1) is 0 Å². The van der Waals surface area contributed by atoms with Crippen LogP contribution in [0.3, 0.4) is 0 Å². The van der Waals surface area contributed by atoms with Crippen LogP contribution in [0.15, 0.2) is 34.8 Å². The highest BCUT2D eigenvalue weighted by atomic mass is 79.9. The first-order valence-electron chi connectivity index (χ1n) is 5.30. The van der Waals surface area contributed by atoms with E-state index in [1.54, 1.807) is 18.2 Å². The Labute approximate surface area is 127 Å². The van der Waals surface area contributed by atoms with Gasteiger partial charge in [0.25, 0.3) is 0 Å². The molecule has 0 heterocycles. The molecule has 2 aromatic rings. The molecule has 2 rings (SSSR count). The van der Waals surface area contributed by atoms with Crippen molar-refractivity contribution in [3.05, 3.63) is 62.0 Å². The fourth-order valence-electron chi connectivity index (χ4n) is 1.58. The molecule has 0 aliphatic carbocycles. The smallest absolute Gasteiger partial charge is 0.150 e. The van der Waals surface area contributed by atoms with E-state index in [-0.39, 0.29) is 12.2 Å². The van der Waals surface area contributed by atoms with Gasteiger partial charge < -0.3 is 5.32 Å². The van der Waals surface area contributed by atoms with E-state index >= 15 is 0 Å². The van der Waals surface area contributed by atoms with Crippen molar-refractivity contribution in [3.8, 4) is 0 Å². The van der Waals surface area contributed by atoms with Crippen molar-refractivity contribution >= 4 is 44.8 Å². The summed E-state index contributed by atoms with van der Waals surface area (Å²) in [6.07, 6.45) is 0. The van der Waals surface area contributed by atoms with E-state index in [1.165, 1.54) is 12.1 Å². The van der Waals surface area contributed by atoms with Gasteiger partial charge in [-0.3, -0.25) is 0 Å². The SMILES string of the molecule is Fc1cc(Br)cc(F)c1NCc1cccc(Cl)c1Cl. The molecule has 0 fully saturated rings. The molecule has 0 aliphatic rings. The minimum absolute atomic E-state index is 0.175. The van der Waals surface area contributed by atoms with Crippen LogP contribution in [-0.4, -0.2) is 0 Å². The first-order valence-corrected chi connectivity index (χ1v) is 6.85. The first-order chi connectivity index (χ1) is 8.99. The zero-order valence-corrected chi connectivity index (χ0v) is 12.6. The van der Waals surface area contributed by atoms with Crippen molar-refractivity contribution in [3.63, 3.8) is 0 Å². The van der Waals surface area contributed by atoms with E-state index in [1.807, 2.05) is 0 Å². The Kier molecular flexibility index (Phi) is 4.66. The summed E-state index contributed by atoms with van der Waals surface area (Å²) in [5, 5.41) is 3.45. The van der Waals surface area contributed by atoms with E-state index in [0.717, 1.165) is 0 Å². The number of hydrogen-bond acceptors (Lipinski definition) is 1. The molecule has 6 heteroatoms. The standard InChI is InChI=1S/C13H8BrCl2F2N/c14-8-4-10(17)13(11(18)5-8)19-6-7-2-1-3-9(15)12(7)16/h1-5,19H,6H2. The average Bonchev–Trinajstić information content (AvgIpc) is 2.33. The Morgan fingerprint density at radius 3 is 2.37 bits per heavy atom. The van der Waals surface area contributed by atoms with Crippen LogP contribution in [0.5, 0.6) is 0 Å². The maximum Gasteiger partial charge on any atom is 0.150 e. The van der Waals surface area contributed by atoms with Crippen molar-refractivity contribution in [2.24, 2.45) is 0 Å². The van der Waals surface area contributed by atoms with E-state index in [4.69, 9.17) is 23.2 Å². The van der Waals surface area contributed by atoms with Crippen molar-refractivity contribution in [1.29, 1.82) is 0 Å². The molecular weight excluding hydrogens is 359 g/mol.